The normalized spacial score (nSPS) is 13.7. The van der Waals surface area contributed by atoms with Crippen LogP contribution in [-0.4, -0.2) is 40.5 Å². The summed E-state index contributed by atoms with van der Waals surface area (Å²) in [4.78, 5) is 30.3. The van der Waals surface area contributed by atoms with E-state index in [9.17, 15) is 14.7 Å². The lowest BCUT2D eigenvalue weighted by atomic mass is 10.0. The fourth-order valence-electron chi connectivity index (χ4n) is 3.23. The monoisotopic (exact) mass is 352 g/mol. The minimum absolute atomic E-state index is 0.0562. The third kappa shape index (κ3) is 2.67. The Kier molecular flexibility index (Phi) is 3.84. The van der Waals surface area contributed by atoms with Crippen LogP contribution in [0.3, 0.4) is 0 Å². The van der Waals surface area contributed by atoms with E-state index < -0.39 is 5.97 Å². The highest BCUT2D eigenvalue weighted by Gasteiger charge is 2.26. The van der Waals surface area contributed by atoms with Crippen LogP contribution in [0, 0.1) is 0 Å². The van der Waals surface area contributed by atoms with E-state index in [1.54, 1.807) is 23.4 Å². The highest BCUT2D eigenvalue weighted by atomic mass is 16.5. The first-order valence-corrected chi connectivity index (χ1v) is 8.12. The van der Waals surface area contributed by atoms with Gasteiger partial charge in [-0.05, 0) is 36.2 Å². The Morgan fingerprint density at radius 3 is 3.04 bits per heavy atom. The number of amides is 1. The molecule has 26 heavy (non-hydrogen) atoms. The lowest BCUT2D eigenvalue weighted by Crippen LogP contribution is -2.37. The Labute approximate surface area is 148 Å². The van der Waals surface area contributed by atoms with Gasteiger partial charge in [-0.2, -0.15) is 0 Å². The molecule has 0 bridgehead atoms. The summed E-state index contributed by atoms with van der Waals surface area (Å²) in [6, 6.07) is 6.38. The SMILES string of the molecule is COC(=O)c1cc(O)cc2cc(CN3CCc4ccncc4C3=O)oc12. The molecule has 4 rings (SSSR count). The topological polar surface area (TPSA) is 92.9 Å². The molecule has 3 heterocycles. The third-order valence-electron chi connectivity index (χ3n) is 4.48. The number of hydrogen-bond acceptors (Lipinski definition) is 6. The van der Waals surface area contributed by atoms with Gasteiger partial charge < -0.3 is 19.2 Å². The summed E-state index contributed by atoms with van der Waals surface area (Å²) in [6.45, 7) is 0.839. The van der Waals surface area contributed by atoms with Crippen LogP contribution in [0.2, 0.25) is 0 Å². The molecule has 1 amide bonds. The molecule has 0 unspecified atom stereocenters. The Bertz CT molecular complexity index is 1020. The van der Waals surface area contributed by atoms with Crippen LogP contribution >= 0.6 is 0 Å². The molecule has 0 spiro atoms. The summed E-state index contributed by atoms with van der Waals surface area (Å²) in [5.74, 6) is -0.229. The van der Waals surface area contributed by atoms with Crippen LogP contribution in [0.4, 0.5) is 0 Å². The van der Waals surface area contributed by atoms with E-state index in [1.807, 2.05) is 6.07 Å². The van der Waals surface area contributed by atoms with Crippen LogP contribution in [0.15, 0.2) is 41.1 Å². The van der Waals surface area contributed by atoms with E-state index in [-0.39, 0.29) is 23.8 Å². The minimum atomic E-state index is -0.596. The molecule has 1 aliphatic heterocycles. The summed E-state index contributed by atoms with van der Waals surface area (Å²) < 4.78 is 10.5. The van der Waals surface area contributed by atoms with Gasteiger partial charge in [0, 0.05) is 24.3 Å². The van der Waals surface area contributed by atoms with Crippen molar-refractivity contribution < 1.29 is 23.8 Å². The number of esters is 1. The van der Waals surface area contributed by atoms with E-state index in [1.165, 1.54) is 19.2 Å². The number of ether oxygens (including phenoxy) is 1. The molecule has 0 aliphatic carbocycles. The van der Waals surface area contributed by atoms with Gasteiger partial charge in [-0.25, -0.2) is 4.79 Å². The van der Waals surface area contributed by atoms with Crippen molar-refractivity contribution in [2.24, 2.45) is 0 Å². The van der Waals surface area contributed by atoms with Gasteiger partial charge in [-0.1, -0.05) is 0 Å². The quantitative estimate of drug-likeness (QED) is 0.728. The van der Waals surface area contributed by atoms with Gasteiger partial charge >= 0.3 is 5.97 Å². The molecule has 0 saturated heterocycles. The van der Waals surface area contributed by atoms with E-state index in [0.717, 1.165) is 12.0 Å². The number of pyridine rings is 1. The molecule has 7 nitrogen and oxygen atoms in total. The van der Waals surface area contributed by atoms with Gasteiger partial charge in [0.15, 0.2) is 0 Å². The van der Waals surface area contributed by atoms with Crippen LogP contribution in [0.25, 0.3) is 11.0 Å². The molecular formula is C19H16N2O5. The van der Waals surface area contributed by atoms with Gasteiger partial charge in [-0.15, -0.1) is 0 Å². The molecule has 1 aromatic carbocycles. The van der Waals surface area contributed by atoms with E-state index >= 15 is 0 Å². The zero-order valence-corrected chi connectivity index (χ0v) is 14.1. The average Bonchev–Trinajstić information content (AvgIpc) is 3.05. The molecule has 132 valence electrons. The Hall–Kier alpha value is -3.35. The molecule has 0 radical (unpaired) electrons. The van der Waals surface area contributed by atoms with Gasteiger partial charge in [0.2, 0.25) is 0 Å². The number of fused-ring (bicyclic) bond motifs is 2. The summed E-state index contributed by atoms with van der Waals surface area (Å²) in [5, 5.41) is 10.4. The molecule has 1 N–H and O–H groups in total. The first-order valence-electron chi connectivity index (χ1n) is 8.12. The zero-order valence-electron chi connectivity index (χ0n) is 14.1. The largest absolute Gasteiger partial charge is 0.508 e. The van der Waals surface area contributed by atoms with Crippen LogP contribution in [0.5, 0.6) is 5.75 Å². The molecule has 1 aliphatic rings. The standard InChI is InChI=1S/C19H16N2O5/c1-25-19(24)15-8-13(22)6-12-7-14(26-17(12)15)10-21-5-3-11-2-4-20-9-16(11)18(21)23/h2,4,6-9,22H,3,5,10H2,1H3. The number of aromatic hydroxyl groups is 1. The van der Waals surface area contributed by atoms with Gasteiger partial charge in [0.05, 0.1) is 19.2 Å². The summed E-state index contributed by atoms with van der Waals surface area (Å²) in [6.07, 6.45) is 4.01. The molecule has 7 heteroatoms. The molecule has 2 aromatic heterocycles. The maximum Gasteiger partial charge on any atom is 0.341 e. The summed E-state index contributed by atoms with van der Waals surface area (Å²) in [5.41, 5.74) is 2.07. The first-order chi connectivity index (χ1) is 12.6. The second-order valence-electron chi connectivity index (χ2n) is 6.13. The second-order valence-corrected chi connectivity index (χ2v) is 6.13. The van der Waals surface area contributed by atoms with Gasteiger partial charge in [0.25, 0.3) is 5.91 Å². The van der Waals surface area contributed by atoms with Crippen molar-refractivity contribution in [2.45, 2.75) is 13.0 Å². The Morgan fingerprint density at radius 2 is 2.23 bits per heavy atom. The zero-order chi connectivity index (χ0) is 18.3. The van der Waals surface area contributed by atoms with Crippen molar-refractivity contribution in [3.8, 4) is 5.75 Å². The molecule has 0 fully saturated rings. The number of methoxy groups -OCH3 is 1. The van der Waals surface area contributed by atoms with Gasteiger partial charge in [0.1, 0.15) is 22.7 Å². The lowest BCUT2D eigenvalue weighted by molar-refractivity contribution is 0.0600. The molecular weight excluding hydrogens is 336 g/mol. The predicted molar refractivity (Wildman–Crippen MR) is 91.9 cm³/mol. The van der Waals surface area contributed by atoms with Crippen molar-refractivity contribution in [3.05, 3.63) is 59.1 Å². The van der Waals surface area contributed by atoms with Crippen LogP contribution in [0.1, 0.15) is 32.0 Å². The maximum atomic E-state index is 12.6. The Morgan fingerprint density at radius 1 is 1.38 bits per heavy atom. The van der Waals surface area contributed by atoms with E-state index in [4.69, 9.17) is 9.15 Å². The van der Waals surface area contributed by atoms with Crippen molar-refractivity contribution in [1.29, 1.82) is 0 Å². The van der Waals surface area contributed by atoms with Crippen molar-refractivity contribution in [2.75, 3.05) is 13.7 Å². The van der Waals surface area contributed by atoms with Crippen LogP contribution in [-0.2, 0) is 17.7 Å². The van der Waals surface area contributed by atoms with Crippen LogP contribution < -0.4 is 0 Å². The second kappa shape index (κ2) is 6.18. The highest BCUT2D eigenvalue weighted by Crippen LogP contribution is 2.30. The number of phenolic OH excluding ortho intramolecular Hbond substituents is 1. The van der Waals surface area contributed by atoms with Gasteiger partial charge in [-0.3, -0.25) is 9.78 Å². The number of carbonyl (C=O) groups excluding carboxylic acids is 2. The third-order valence-corrected chi connectivity index (χ3v) is 4.48. The minimum Gasteiger partial charge on any atom is -0.508 e. The number of phenols is 1. The smallest absolute Gasteiger partial charge is 0.341 e. The number of carbonyl (C=O) groups is 2. The van der Waals surface area contributed by atoms with E-state index in [0.29, 0.717) is 28.8 Å². The average molecular weight is 352 g/mol. The summed E-state index contributed by atoms with van der Waals surface area (Å²) in [7, 11) is 1.26. The first kappa shape index (κ1) is 16.1. The summed E-state index contributed by atoms with van der Waals surface area (Å²) >= 11 is 0. The maximum absolute atomic E-state index is 12.6. The number of benzene rings is 1. The highest BCUT2D eigenvalue weighted by molar-refractivity contribution is 6.03. The molecule has 3 aromatic rings. The van der Waals surface area contributed by atoms with E-state index in [2.05, 4.69) is 4.98 Å². The number of furan rings is 1. The van der Waals surface area contributed by atoms with Crippen molar-refractivity contribution >= 4 is 22.8 Å². The fraction of sp³-hybridized carbons (Fsp3) is 0.211. The fourth-order valence-corrected chi connectivity index (χ4v) is 3.23. The number of aromatic nitrogens is 1. The predicted octanol–water partition coefficient (Wildman–Crippen LogP) is 2.52. The Balaban J connectivity index is 1.66. The number of nitrogens with zero attached hydrogens (tertiary/aromatic N) is 2. The lowest BCUT2D eigenvalue weighted by Gasteiger charge is -2.27. The number of hydrogen-bond donors (Lipinski definition) is 1. The molecule has 0 saturated carbocycles. The van der Waals surface area contributed by atoms with Crippen molar-refractivity contribution in [1.82, 2.24) is 9.88 Å². The molecule has 0 atom stereocenters. The van der Waals surface area contributed by atoms with Crippen molar-refractivity contribution in [3.63, 3.8) is 0 Å². The number of rotatable bonds is 3.